The fraction of sp³-hybridized carbons (Fsp3) is 0.786. The van der Waals surface area contributed by atoms with Gasteiger partial charge in [0.2, 0.25) is 5.91 Å². The van der Waals surface area contributed by atoms with Crippen LogP contribution in [-0.2, 0) is 14.3 Å². The number of carbonyl (C=O) groups excluding carboxylic acids is 2. The minimum absolute atomic E-state index is 0.0942. The topological polar surface area (TPSA) is 70.4 Å². The molecule has 1 aliphatic heterocycles. The van der Waals surface area contributed by atoms with Gasteiger partial charge in [-0.2, -0.15) is 5.26 Å². The number of ether oxygens (including phenoxy) is 1. The highest BCUT2D eigenvalue weighted by Gasteiger charge is 2.40. The second-order valence-corrected chi connectivity index (χ2v) is 4.99. The highest BCUT2D eigenvalue weighted by molar-refractivity contribution is 5.85. The summed E-state index contributed by atoms with van der Waals surface area (Å²) >= 11 is 0. The largest absolute Gasteiger partial charge is 0.469 e. The van der Waals surface area contributed by atoms with Crippen LogP contribution in [0.3, 0.4) is 0 Å². The molecule has 19 heavy (non-hydrogen) atoms. The molecule has 0 atom stereocenters. The number of nitrogens with zero attached hydrogens (tertiary/aromatic N) is 2. The van der Waals surface area contributed by atoms with Crippen LogP contribution in [0.25, 0.3) is 0 Å². The summed E-state index contributed by atoms with van der Waals surface area (Å²) in [5.41, 5.74) is -0.905. The quantitative estimate of drug-likeness (QED) is 0.726. The van der Waals surface area contributed by atoms with Crippen molar-refractivity contribution < 1.29 is 14.3 Å². The number of likely N-dealkylation sites (tertiary alicyclic amines) is 1. The fourth-order valence-electron chi connectivity index (χ4n) is 2.55. The van der Waals surface area contributed by atoms with E-state index in [1.54, 1.807) is 4.90 Å². The molecule has 106 valence electrons. The minimum atomic E-state index is -0.905. The average molecular weight is 266 g/mol. The molecule has 5 heteroatoms. The first kappa shape index (κ1) is 15.5. The Hall–Kier alpha value is -1.57. The Kier molecular flexibility index (Phi) is 5.34. The molecule has 0 spiro atoms. The molecule has 5 nitrogen and oxygen atoms in total. The average Bonchev–Trinajstić information content (AvgIpc) is 2.48. The Morgan fingerprint density at radius 1 is 1.32 bits per heavy atom. The van der Waals surface area contributed by atoms with Crippen LogP contribution in [0.4, 0.5) is 0 Å². The van der Waals surface area contributed by atoms with Crippen LogP contribution >= 0.6 is 0 Å². The van der Waals surface area contributed by atoms with Gasteiger partial charge >= 0.3 is 5.97 Å². The van der Waals surface area contributed by atoms with E-state index in [1.165, 1.54) is 7.11 Å². The molecule has 1 saturated heterocycles. The van der Waals surface area contributed by atoms with Gasteiger partial charge in [0.15, 0.2) is 0 Å². The molecule has 0 aromatic rings. The van der Waals surface area contributed by atoms with Crippen molar-refractivity contribution in [3.8, 4) is 6.07 Å². The summed E-state index contributed by atoms with van der Waals surface area (Å²) in [6.07, 6.45) is 2.28. The van der Waals surface area contributed by atoms with E-state index in [2.05, 4.69) is 6.07 Å². The molecule has 0 N–H and O–H groups in total. The van der Waals surface area contributed by atoms with Crippen LogP contribution in [0.15, 0.2) is 0 Å². The first-order chi connectivity index (χ1) is 9.04. The summed E-state index contributed by atoms with van der Waals surface area (Å²) < 4.78 is 4.72. The molecule has 0 unspecified atom stereocenters. The second kappa shape index (κ2) is 6.55. The number of hydrogen-bond acceptors (Lipinski definition) is 4. The summed E-state index contributed by atoms with van der Waals surface area (Å²) in [5, 5.41) is 9.28. The van der Waals surface area contributed by atoms with E-state index in [1.807, 2.05) is 13.8 Å². The molecule has 1 amide bonds. The van der Waals surface area contributed by atoms with Crippen LogP contribution in [0.1, 0.15) is 39.5 Å². The van der Waals surface area contributed by atoms with Gasteiger partial charge in [-0.15, -0.1) is 0 Å². The van der Waals surface area contributed by atoms with Crippen molar-refractivity contribution >= 4 is 11.9 Å². The first-order valence-corrected chi connectivity index (χ1v) is 6.83. The summed E-state index contributed by atoms with van der Waals surface area (Å²) in [6, 6.07) is 2.17. The van der Waals surface area contributed by atoms with E-state index in [9.17, 15) is 14.9 Å². The normalized spacial score (nSPS) is 16.8. The summed E-state index contributed by atoms with van der Waals surface area (Å²) in [4.78, 5) is 25.6. The van der Waals surface area contributed by atoms with Crippen molar-refractivity contribution in [2.24, 2.45) is 11.3 Å². The Bertz CT molecular complexity index is 375. The smallest absolute Gasteiger partial charge is 0.308 e. The molecule has 0 aromatic heterocycles. The number of carbonyl (C=O) groups is 2. The summed E-state index contributed by atoms with van der Waals surface area (Å²) in [5.74, 6) is -0.415. The lowest BCUT2D eigenvalue weighted by atomic mass is 9.81. The number of methoxy groups -OCH3 is 1. The van der Waals surface area contributed by atoms with Crippen LogP contribution < -0.4 is 0 Å². The highest BCUT2D eigenvalue weighted by atomic mass is 16.5. The lowest BCUT2D eigenvalue weighted by Crippen LogP contribution is -2.47. The maximum atomic E-state index is 12.4. The van der Waals surface area contributed by atoms with Gasteiger partial charge in [-0.1, -0.05) is 13.8 Å². The van der Waals surface area contributed by atoms with Crippen molar-refractivity contribution in [3.63, 3.8) is 0 Å². The van der Waals surface area contributed by atoms with Gasteiger partial charge < -0.3 is 9.64 Å². The van der Waals surface area contributed by atoms with Crippen LogP contribution in [0.2, 0.25) is 0 Å². The van der Waals surface area contributed by atoms with Crippen molar-refractivity contribution in [1.82, 2.24) is 4.90 Å². The molecule has 0 saturated carbocycles. The summed E-state index contributed by atoms with van der Waals surface area (Å²) in [6.45, 7) is 4.79. The molecule has 1 rings (SSSR count). The van der Waals surface area contributed by atoms with Crippen LogP contribution in [0.5, 0.6) is 0 Å². The van der Waals surface area contributed by atoms with E-state index in [0.29, 0.717) is 38.8 Å². The number of piperidine rings is 1. The molecular weight excluding hydrogens is 244 g/mol. The van der Waals surface area contributed by atoms with Crippen molar-refractivity contribution in [2.75, 3.05) is 20.2 Å². The molecule has 0 bridgehead atoms. The Labute approximate surface area is 114 Å². The van der Waals surface area contributed by atoms with Gasteiger partial charge in [0.25, 0.3) is 0 Å². The molecule has 1 fully saturated rings. The Morgan fingerprint density at radius 3 is 2.21 bits per heavy atom. The predicted octanol–water partition coefficient (Wildman–Crippen LogP) is 1.73. The summed E-state index contributed by atoms with van der Waals surface area (Å²) in [7, 11) is 1.38. The van der Waals surface area contributed by atoms with Crippen molar-refractivity contribution in [1.29, 1.82) is 5.26 Å². The lowest BCUT2D eigenvalue weighted by Gasteiger charge is -2.35. The van der Waals surface area contributed by atoms with Crippen LogP contribution in [0, 0.1) is 22.7 Å². The van der Waals surface area contributed by atoms with E-state index in [-0.39, 0.29) is 17.8 Å². The van der Waals surface area contributed by atoms with Gasteiger partial charge in [-0.25, -0.2) is 0 Å². The molecule has 1 aliphatic rings. The minimum Gasteiger partial charge on any atom is -0.469 e. The number of hydrogen-bond donors (Lipinski definition) is 0. The van der Waals surface area contributed by atoms with E-state index < -0.39 is 5.41 Å². The molecule has 0 radical (unpaired) electrons. The maximum Gasteiger partial charge on any atom is 0.308 e. The van der Waals surface area contributed by atoms with Gasteiger partial charge in [0, 0.05) is 13.1 Å². The number of esters is 1. The van der Waals surface area contributed by atoms with E-state index in [4.69, 9.17) is 4.74 Å². The maximum absolute atomic E-state index is 12.4. The molecule has 1 heterocycles. The van der Waals surface area contributed by atoms with Gasteiger partial charge in [-0.3, -0.25) is 9.59 Å². The molecular formula is C14H22N2O3. The zero-order valence-electron chi connectivity index (χ0n) is 11.9. The molecule has 0 aromatic carbocycles. The monoisotopic (exact) mass is 266 g/mol. The predicted molar refractivity (Wildman–Crippen MR) is 69.9 cm³/mol. The van der Waals surface area contributed by atoms with Crippen LogP contribution in [-0.4, -0.2) is 37.0 Å². The van der Waals surface area contributed by atoms with Gasteiger partial charge in [0.1, 0.15) is 5.41 Å². The van der Waals surface area contributed by atoms with Gasteiger partial charge in [-0.05, 0) is 25.7 Å². The first-order valence-electron chi connectivity index (χ1n) is 6.83. The molecule has 0 aliphatic carbocycles. The Morgan fingerprint density at radius 2 is 1.84 bits per heavy atom. The fourth-order valence-corrected chi connectivity index (χ4v) is 2.55. The number of nitriles is 1. The third kappa shape index (κ3) is 3.06. The third-order valence-corrected chi connectivity index (χ3v) is 4.15. The zero-order valence-corrected chi connectivity index (χ0v) is 11.9. The number of rotatable bonds is 4. The van der Waals surface area contributed by atoms with E-state index >= 15 is 0 Å². The standard InChI is InChI=1S/C14H22N2O3/c1-4-14(5-2,10-15)13(18)16-8-6-11(7-9-16)12(17)19-3/h11H,4-9H2,1-3H3. The SMILES string of the molecule is CCC(C#N)(CC)C(=O)N1CCC(C(=O)OC)CC1. The van der Waals surface area contributed by atoms with E-state index in [0.717, 1.165) is 0 Å². The van der Waals surface area contributed by atoms with Crippen molar-refractivity contribution in [3.05, 3.63) is 0 Å². The van der Waals surface area contributed by atoms with Gasteiger partial charge in [0.05, 0.1) is 19.1 Å². The highest BCUT2D eigenvalue weighted by Crippen LogP contribution is 2.30. The lowest BCUT2D eigenvalue weighted by molar-refractivity contribution is -0.150. The second-order valence-electron chi connectivity index (χ2n) is 4.99. The van der Waals surface area contributed by atoms with Crippen molar-refractivity contribution in [2.45, 2.75) is 39.5 Å². The Balaban J connectivity index is 2.68. The number of amides is 1. The third-order valence-electron chi connectivity index (χ3n) is 4.15. The zero-order chi connectivity index (χ0) is 14.5.